The number of piperazine rings is 1. The van der Waals surface area contributed by atoms with Gasteiger partial charge in [-0.2, -0.15) is 0 Å². The lowest BCUT2D eigenvalue weighted by Crippen LogP contribution is -2.53. The molecule has 1 atom stereocenters. The van der Waals surface area contributed by atoms with Gasteiger partial charge in [0.2, 0.25) is 10.0 Å². The number of thiophene rings is 1. The van der Waals surface area contributed by atoms with Gasteiger partial charge in [0.05, 0.1) is 16.9 Å². The minimum Gasteiger partial charge on any atom is -0.377 e. The first-order valence-electron chi connectivity index (χ1n) is 9.90. The monoisotopic (exact) mass is 429 g/mol. The van der Waals surface area contributed by atoms with Gasteiger partial charge in [-0.05, 0) is 36.8 Å². The highest BCUT2D eigenvalue weighted by atomic mass is 32.2. The Hall–Kier alpha value is -1.36. The molecular formula is C18H31N5O3S2. The van der Waals surface area contributed by atoms with E-state index in [-0.39, 0.29) is 11.9 Å². The summed E-state index contributed by atoms with van der Waals surface area (Å²) >= 11 is 1.76. The van der Waals surface area contributed by atoms with Gasteiger partial charge in [0, 0.05) is 52.9 Å². The first-order valence-corrected chi connectivity index (χ1v) is 12.4. The van der Waals surface area contributed by atoms with Crippen molar-refractivity contribution < 1.29 is 13.2 Å². The van der Waals surface area contributed by atoms with Gasteiger partial charge in [-0.1, -0.05) is 0 Å². The summed E-state index contributed by atoms with van der Waals surface area (Å²) in [6.45, 7) is 5.01. The van der Waals surface area contributed by atoms with E-state index < -0.39 is 10.0 Å². The number of nitrogens with zero attached hydrogens (tertiary/aromatic N) is 3. The second kappa shape index (κ2) is 10.4. The molecule has 0 amide bonds. The highest BCUT2D eigenvalue weighted by Crippen LogP contribution is 2.22. The van der Waals surface area contributed by atoms with Crippen molar-refractivity contribution in [1.29, 1.82) is 0 Å². The van der Waals surface area contributed by atoms with Crippen molar-refractivity contribution in [2.45, 2.75) is 25.4 Å². The van der Waals surface area contributed by atoms with Crippen LogP contribution in [0.5, 0.6) is 0 Å². The Bertz CT molecular complexity index is 710. The van der Waals surface area contributed by atoms with Crippen LogP contribution < -0.4 is 14.9 Å². The average Bonchev–Trinajstić information content (AvgIpc) is 3.26. The van der Waals surface area contributed by atoms with Crippen LogP contribution in [0.3, 0.4) is 0 Å². The number of hydrogen-bond donors (Lipinski definition) is 2. The molecule has 0 spiro atoms. The van der Waals surface area contributed by atoms with Crippen LogP contribution in [0.1, 0.15) is 19.3 Å². The molecule has 0 saturated carbocycles. The van der Waals surface area contributed by atoms with Crippen LogP contribution in [0.2, 0.25) is 0 Å². The van der Waals surface area contributed by atoms with Gasteiger partial charge in [0.1, 0.15) is 0 Å². The molecular weight excluding hydrogens is 398 g/mol. The topological polar surface area (TPSA) is 86.3 Å². The van der Waals surface area contributed by atoms with Crippen LogP contribution in [0, 0.1) is 0 Å². The molecule has 8 nitrogen and oxygen atoms in total. The van der Waals surface area contributed by atoms with E-state index in [0.29, 0.717) is 13.1 Å². The second-order valence-electron chi connectivity index (χ2n) is 7.06. The fourth-order valence-electron chi connectivity index (χ4n) is 3.48. The van der Waals surface area contributed by atoms with E-state index >= 15 is 0 Å². The van der Waals surface area contributed by atoms with Crippen molar-refractivity contribution in [3.05, 3.63) is 17.5 Å². The third-order valence-corrected chi connectivity index (χ3v) is 7.34. The molecule has 2 N–H and O–H groups in total. The molecule has 10 heteroatoms. The predicted molar refractivity (Wildman–Crippen MR) is 115 cm³/mol. The van der Waals surface area contributed by atoms with Crippen molar-refractivity contribution in [3.8, 4) is 0 Å². The zero-order valence-corrected chi connectivity index (χ0v) is 18.1. The first kappa shape index (κ1) is 21.4. The smallest absolute Gasteiger partial charge is 0.213 e. The average molecular weight is 430 g/mol. The normalized spacial score (nSPS) is 21.8. The summed E-state index contributed by atoms with van der Waals surface area (Å²) in [4.78, 5) is 8.87. The van der Waals surface area contributed by atoms with Gasteiger partial charge >= 0.3 is 0 Å². The van der Waals surface area contributed by atoms with E-state index in [1.165, 1.54) is 5.00 Å². The van der Waals surface area contributed by atoms with Gasteiger partial charge in [0.25, 0.3) is 0 Å². The number of sulfonamides is 1. The lowest BCUT2D eigenvalue weighted by atomic mass is 10.1. The molecule has 3 heterocycles. The number of ether oxygens (including phenoxy) is 1. The lowest BCUT2D eigenvalue weighted by Gasteiger charge is -2.37. The molecule has 1 aromatic rings. The molecule has 2 aliphatic heterocycles. The molecule has 2 aliphatic rings. The van der Waals surface area contributed by atoms with Gasteiger partial charge in [-0.3, -0.25) is 4.99 Å². The van der Waals surface area contributed by atoms with Gasteiger partial charge in [-0.25, -0.2) is 13.1 Å². The van der Waals surface area contributed by atoms with Crippen molar-refractivity contribution in [2.24, 2.45) is 4.99 Å². The van der Waals surface area contributed by atoms with Crippen LogP contribution in [-0.2, 0) is 14.8 Å². The molecule has 0 aliphatic carbocycles. The standard InChI is InChI=1S/C18H31N5O3S2/c1-19-18(23-10-8-22(9-11-23)17-6-4-13-27-17)20-7-14-28(24,25)21-15-16-5-2-3-12-26-16/h4,6,13,16,21H,2-3,5,7-12,14-15H2,1H3,(H,19,20). The highest BCUT2D eigenvalue weighted by molar-refractivity contribution is 7.89. The minimum atomic E-state index is -3.33. The van der Waals surface area contributed by atoms with E-state index in [1.54, 1.807) is 18.4 Å². The Morgan fingerprint density at radius 2 is 2.14 bits per heavy atom. The Kier molecular flexibility index (Phi) is 7.95. The number of aliphatic imine (C=N–C) groups is 1. The van der Waals surface area contributed by atoms with E-state index in [0.717, 1.165) is 58.0 Å². The molecule has 158 valence electrons. The fraction of sp³-hybridized carbons (Fsp3) is 0.722. The first-order chi connectivity index (χ1) is 13.6. The Morgan fingerprint density at radius 1 is 1.32 bits per heavy atom. The van der Waals surface area contributed by atoms with E-state index in [2.05, 4.69) is 42.3 Å². The molecule has 1 aromatic heterocycles. The maximum Gasteiger partial charge on any atom is 0.213 e. The molecule has 3 rings (SSSR count). The molecule has 0 radical (unpaired) electrons. The van der Waals surface area contributed by atoms with Crippen molar-refractivity contribution in [2.75, 3.05) is 63.6 Å². The van der Waals surface area contributed by atoms with Gasteiger partial charge in [0.15, 0.2) is 5.96 Å². The Labute approximate surface area is 172 Å². The summed E-state index contributed by atoms with van der Waals surface area (Å²) in [5.41, 5.74) is 0. The van der Waals surface area contributed by atoms with Crippen molar-refractivity contribution in [3.63, 3.8) is 0 Å². The van der Waals surface area contributed by atoms with Gasteiger partial charge < -0.3 is 19.9 Å². The third kappa shape index (κ3) is 6.33. The summed E-state index contributed by atoms with van der Waals surface area (Å²) < 4.78 is 32.7. The summed E-state index contributed by atoms with van der Waals surface area (Å²) in [5, 5.41) is 6.58. The SMILES string of the molecule is CN=C(NCCS(=O)(=O)NCC1CCCCO1)N1CCN(c2cccs2)CC1. The number of nitrogens with one attached hydrogen (secondary N) is 2. The van der Waals surface area contributed by atoms with E-state index in [4.69, 9.17) is 4.74 Å². The molecule has 2 saturated heterocycles. The molecule has 0 bridgehead atoms. The predicted octanol–water partition coefficient (Wildman–Crippen LogP) is 0.934. The largest absolute Gasteiger partial charge is 0.377 e. The van der Waals surface area contributed by atoms with Crippen LogP contribution >= 0.6 is 11.3 Å². The third-order valence-electron chi connectivity index (χ3n) is 5.07. The molecule has 2 fully saturated rings. The Morgan fingerprint density at radius 3 is 2.79 bits per heavy atom. The zero-order valence-electron chi connectivity index (χ0n) is 16.5. The fourth-order valence-corrected chi connectivity index (χ4v) is 5.22. The van der Waals surface area contributed by atoms with Crippen LogP contribution in [0.25, 0.3) is 0 Å². The number of guanidine groups is 1. The number of rotatable bonds is 7. The maximum absolute atomic E-state index is 12.2. The molecule has 28 heavy (non-hydrogen) atoms. The molecule has 1 unspecified atom stereocenters. The van der Waals surface area contributed by atoms with Gasteiger partial charge in [-0.15, -0.1) is 11.3 Å². The number of hydrogen-bond acceptors (Lipinski definition) is 6. The number of anilines is 1. The summed E-state index contributed by atoms with van der Waals surface area (Å²) in [5.74, 6) is 0.783. The minimum absolute atomic E-state index is 0.00360. The van der Waals surface area contributed by atoms with E-state index in [9.17, 15) is 8.42 Å². The summed E-state index contributed by atoms with van der Waals surface area (Å²) in [6, 6.07) is 4.21. The second-order valence-corrected chi connectivity index (χ2v) is 9.91. The summed E-state index contributed by atoms with van der Waals surface area (Å²) in [7, 11) is -1.59. The quantitative estimate of drug-likeness (QED) is 0.496. The summed E-state index contributed by atoms with van der Waals surface area (Å²) in [6.07, 6.45) is 3.09. The Balaban J connectivity index is 1.38. The maximum atomic E-state index is 12.2. The van der Waals surface area contributed by atoms with Crippen LogP contribution in [0.15, 0.2) is 22.5 Å². The van der Waals surface area contributed by atoms with Crippen molar-refractivity contribution >= 4 is 32.3 Å². The zero-order chi connectivity index (χ0) is 19.8. The van der Waals surface area contributed by atoms with Crippen LogP contribution in [-0.4, -0.2) is 84.1 Å². The lowest BCUT2D eigenvalue weighted by molar-refractivity contribution is 0.0200. The molecule has 0 aromatic carbocycles. The van der Waals surface area contributed by atoms with E-state index in [1.807, 2.05) is 0 Å². The van der Waals surface area contributed by atoms with Crippen LogP contribution in [0.4, 0.5) is 5.00 Å². The highest BCUT2D eigenvalue weighted by Gasteiger charge is 2.21. The van der Waals surface area contributed by atoms with Crippen molar-refractivity contribution in [1.82, 2.24) is 14.9 Å².